The van der Waals surface area contributed by atoms with Crippen LogP contribution in [0.25, 0.3) is 0 Å². The van der Waals surface area contributed by atoms with Crippen LogP contribution in [0.3, 0.4) is 0 Å². The monoisotopic (exact) mass is 494 g/mol. The van der Waals surface area contributed by atoms with E-state index in [-0.39, 0.29) is 44.3 Å². The Morgan fingerprint density at radius 2 is 1.07 bits per heavy atom. The molecule has 1 heterocycles. The molecule has 2 atom stereocenters. The Kier molecular flexibility index (Phi) is 11.9. The standard InChI is InChI=1S/C16H33O9P3S/c1-7-20-26(17,21-8-2)14-13-15(27(18,22-9-3)23-10-4)29-16(14)28(19,24-11-5)25-12-6/h13-14,16H,7-12H2,1-6H3/t14-,16-/m1/s1. The zero-order valence-electron chi connectivity index (χ0n) is 17.9. The molecule has 0 saturated heterocycles. The van der Waals surface area contributed by atoms with Crippen molar-refractivity contribution in [1.82, 2.24) is 0 Å². The van der Waals surface area contributed by atoms with Gasteiger partial charge in [0.2, 0.25) is 0 Å². The predicted molar refractivity (Wildman–Crippen MR) is 116 cm³/mol. The summed E-state index contributed by atoms with van der Waals surface area (Å²) < 4.78 is 73.4. The molecule has 0 radical (unpaired) electrons. The molecule has 13 heteroatoms. The Labute approximate surface area is 178 Å². The van der Waals surface area contributed by atoms with E-state index in [2.05, 4.69) is 0 Å². The van der Waals surface area contributed by atoms with Crippen molar-refractivity contribution in [1.29, 1.82) is 0 Å². The average Bonchev–Trinajstić information content (AvgIpc) is 3.11. The number of rotatable bonds is 15. The summed E-state index contributed by atoms with van der Waals surface area (Å²) in [6.45, 7) is 10.9. The van der Waals surface area contributed by atoms with Gasteiger partial charge in [0.25, 0.3) is 0 Å². The van der Waals surface area contributed by atoms with Crippen LogP contribution < -0.4 is 0 Å². The number of hydrogen-bond donors (Lipinski definition) is 0. The number of thioether (sulfide) groups is 1. The predicted octanol–water partition coefficient (Wildman–Crippen LogP) is 6.07. The van der Waals surface area contributed by atoms with Gasteiger partial charge in [-0.2, -0.15) is 0 Å². The van der Waals surface area contributed by atoms with Crippen molar-refractivity contribution in [3.05, 3.63) is 10.7 Å². The Balaban J connectivity index is 3.53. The van der Waals surface area contributed by atoms with Gasteiger partial charge >= 0.3 is 22.8 Å². The SMILES string of the molecule is CCOP(=O)(OCC)C1=C[C@@H](P(=O)(OCC)OCC)[C@H](P(=O)(OCC)OCC)S1. The molecular formula is C16H33O9P3S. The molecular weight excluding hydrogens is 461 g/mol. The molecule has 0 N–H and O–H groups in total. The van der Waals surface area contributed by atoms with Gasteiger partial charge in [-0.3, -0.25) is 13.7 Å². The molecule has 0 bridgehead atoms. The summed E-state index contributed by atoms with van der Waals surface area (Å²) in [5.74, 6) is 0. The normalized spacial score (nSPS) is 20.8. The van der Waals surface area contributed by atoms with Gasteiger partial charge in [0.05, 0.1) is 44.3 Å². The van der Waals surface area contributed by atoms with Crippen LogP contribution in [0.2, 0.25) is 0 Å². The fourth-order valence-corrected chi connectivity index (χ4v) is 12.6. The fourth-order valence-electron chi connectivity index (χ4n) is 2.73. The molecule has 0 unspecified atom stereocenters. The minimum atomic E-state index is -3.77. The first-order valence-electron chi connectivity index (χ1n) is 9.75. The molecule has 0 saturated carbocycles. The summed E-state index contributed by atoms with van der Waals surface area (Å²) in [6, 6.07) is 0. The summed E-state index contributed by atoms with van der Waals surface area (Å²) in [5.41, 5.74) is -0.999. The van der Waals surface area contributed by atoms with Crippen LogP contribution in [0, 0.1) is 0 Å². The van der Waals surface area contributed by atoms with Crippen LogP contribution in [0.5, 0.6) is 0 Å². The van der Waals surface area contributed by atoms with E-state index in [0.29, 0.717) is 0 Å². The maximum atomic E-state index is 13.6. The first-order valence-corrected chi connectivity index (χ1v) is 15.4. The summed E-state index contributed by atoms with van der Waals surface area (Å²) in [4.78, 5) is -0.976. The third-order valence-electron chi connectivity index (χ3n) is 3.63. The summed E-state index contributed by atoms with van der Waals surface area (Å²) in [5, 5.41) is 0. The Hall–Kier alpha value is 0.540. The van der Waals surface area contributed by atoms with Crippen molar-refractivity contribution >= 4 is 34.5 Å². The third-order valence-corrected chi connectivity index (χ3v) is 13.5. The van der Waals surface area contributed by atoms with Crippen LogP contribution >= 0.6 is 34.5 Å². The lowest BCUT2D eigenvalue weighted by Crippen LogP contribution is -2.23. The van der Waals surface area contributed by atoms with E-state index in [0.717, 1.165) is 11.8 Å². The Morgan fingerprint density at radius 3 is 1.45 bits per heavy atom. The molecule has 0 amide bonds. The van der Waals surface area contributed by atoms with E-state index in [1.165, 1.54) is 6.08 Å². The van der Waals surface area contributed by atoms with Crippen LogP contribution in [-0.2, 0) is 40.8 Å². The molecule has 172 valence electrons. The fraction of sp³-hybridized carbons (Fsp3) is 0.875. The summed E-state index contributed by atoms with van der Waals surface area (Å²) in [7, 11) is -11.2. The molecule has 0 fully saturated rings. The van der Waals surface area contributed by atoms with Crippen molar-refractivity contribution in [2.24, 2.45) is 0 Å². The highest BCUT2D eigenvalue weighted by molar-refractivity contribution is 8.15. The van der Waals surface area contributed by atoms with E-state index in [4.69, 9.17) is 27.1 Å². The lowest BCUT2D eigenvalue weighted by atomic mass is 10.5. The molecule has 0 spiro atoms. The zero-order chi connectivity index (χ0) is 22.1. The van der Waals surface area contributed by atoms with Gasteiger partial charge in [-0.25, -0.2) is 0 Å². The van der Waals surface area contributed by atoms with E-state index in [9.17, 15) is 13.7 Å². The third kappa shape index (κ3) is 6.76. The van der Waals surface area contributed by atoms with Crippen molar-refractivity contribution in [3.63, 3.8) is 0 Å². The molecule has 0 aliphatic carbocycles. The highest BCUT2D eigenvalue weighted by Gasteiger charge is 2.56. The number of hydrogen-bond acceptors (Lipinski definition) is 10. The van der Waals surface area contributed by atoms with Crippen molar-refractivity contribution in [2.75, 3.05) is 39.6 Å². The van der Waals surface area contributed by atoms with Crippen LogP contribution in [0.15, 0.2) is 10.7 Å². The van der Waals surface area contributed by atoms with Gasteiger partial charge in [0.1, 0.15) is 10.7 Å². The van der Waals surface area contributed by atoms with Gasteiger partial charge in [-0.1, -0.05) is 0 Å². The average molecular weight is 494 g/mol. The molecule has 0 aromatic heterocycles. The maximum Gasteiger partial charge on any atom is 0.367 e. The van der Waals surface area contributed by atoms with Gasteiger partial charge < -0.3 is 27.1 Å². The smallest absolute Gasteiger partial charge is 0.308 e. The largest absolute Gasteiger partial charge is 0.367 e. The second-order valence-corrected chi connectivity index (χ2v) is 13.8. The van der Waals surface area contributed by atoms with E-state index < -0.39 is 33.4 Å². The first kappa shape index (κ1) is 27.6. The minimum absolute atomic E-state index is 0.122. The van der Waals surface area contributed by atoms with Crippen LogP contribution in [-0.4, -0.2) is 50.3 Å². The van der Waals surface area contributed by atoms with E-state index in [1.807, 2.05) is 0 Å². The maximum absolute atomic E-state index is 13.6. The molecule has 1 aliphatic heterocycles. The Morgan fingerprint density at radius 1 is 0.690 bits per heavy atom. The number of allylic oxidation sites excluding steroid dienone is 1. The van der Waals surface area contributed by atoms with Gasteiger partial charge in [-0.15, -0.1) is 11.8 Å². The molecule has 1 rings (SSSR count). The van der Waals surface area contributed by atoms with Crippen molar-refractivity contribution in [2.45, 2.75) is 52.2 Å². The Bertz CT molecular complexity index is 655. The van der Waals surface area contributed by atoms with E-state index in [1.54, 1.807) is 41.5 Å². The summed E-state index contributed by atoms with van der Waals surface area (Å²) in [6.07, 6.45) is 1.47. The summed E-state index contributed by atoms with van der Waals surface area (Å²) >= 11 is 0.974. The van der Waals surface area contributed by atoms with Crippen LogP contribution in [0.1, 0.15) is 41.5 Å². The molecule has 9 nitrogen and oxygen atoms in total. The minimum Gasteiger partial charge on any atom is -0.308 e. The lowest BCUT2D eigenvalue weighted by Gasteiger charge is -2.30. The van der Waals surface area contributed by atoms with Gasteiger partial charge in [0.15, 0.2) is 0 Å². The second kappa shape index (κ2) is 12.5. The van der Waals surface area contributed by atoms with E-state index >= 15 is 0 Å². The second-order valence-electron chi connectivity index (χ2n) is 5.59. The van der Waals surface area contributed by atoms with Gasteiger partial charge in [-0.05, 0) is 47.6 Å². The zero-order valence-corrected chi connectivity index (χ0v) is 21.4. The molecule has 0 aromatic carbocycles. The lowest BCUT2D eigenvalue weighted by molar-refractivity contribution is 0.205. The van der Waals surface area contributed by atoms with Crippen LogP contribution in [0.4, 0.5) is 0 Å². The molecule has 1 aliphatic rings. The van der Waals surface area contributed by atoms with Crippen molar-refractivity contribution in [3.8, 4) is 0 Å². The first-order chi connectivity index (χ1) is 13.7. The topological polar surface area (TPSA) is 107 Å². The molecule has 29 heavy (non-hydrogen) atoms. The van der Waals surface area contributed by atoms with Gasteiger partial charge in [0, 0.05) is 0 Å². The highest BCUT2D eigenvalue weighted by atomic mass is 32.2. The van der Waals surface area contributed by atoms with Crippen molar-refractivity contribution < 1.29 is 40.8 Å². The quantitative estimate of drug-likeness (QED) is 0.249. The highest BCUT2D eigenvalue weighted by Crippen LogP contribution is 2.75. The molecule has 0 aromatic rings.